The van der Waals surface area contributed by atoms with Gasteiger partial charge in [-0.25, -0.2) is 0 Å². The number of benzene rings is 1. The molecule has 1 saturated heterocycles. The number of terminal acetylenes is 1. The topological polar surface area (TPSA) is 45.6 Å². The van der Waals surface area contributed by atoms with Crippen molar-refractivity contribution >= 4 is 11.8 Å². The van der Waals surface area contributed by atoms with Crippen molar-refractivity contribution in [3.8, 4) is 12.3 Å². The van der Waals surface area contributed by atoms with Crippen LogP contribution in [0.5, 0.6) is 0 Å². The van der Waals surface area contributed by atoms with Gasteiger partial charge < -0.3 is 14.4 Å². The highest BCUT2D eigenvalue weighted by Gasteiger charge is 2.45. The lowest BCUT2D eigenvalue weighted by Gasteiger charge is -2.43. The second-order valence-electron chi connectivity index (χ2n) is 10.4. The third-order valence-corrected chi connectivity index (χ3v) is 7.52. The van der Waals surface area contributed by atoms with Crippen molar-refractivity contribution in [1.82, 2.24) is 14.4 Å². The molecular weight excluding hydrogens is 446 g/mol. The number of amides is 2. The van der Waals surface area contributed by atoms with Crippen LogP contribution in [0.3, 0.4) is 0 Å². The molecule has 1 aromatic heterocycles. The molecule has 0 radical (unpaired) electrons. The lowest BCUT2D eigenvalue weighted by atomic mass is 9.78. The molecule has 0 N–H and O–H groups in total. The maximum atomic E-state index is 14.2. The minimum absolute atomic E-state index is 0.0155. The second kappa shape index (κ2) is 11.6. The number of likely N-dealkylation sites (tertiary alicyclic amines) is 1. The maximum Gasteiger partial charge on any atom is 0.254 e. The number of rotatable bonds is 4. The third kappa shape index (κ3) is 5.28. The smallest absolute Gasteiger partial charge is 0.254 e. The Bertz CT molecular complexity index is 1160. The average Bonchev–Trinajstić information content (AvgIpc) is 3.12. The Hall–Kier alpha value is -3.26. The monoisotopic (exact) mass is 487 g/mol. The van der Waals surface area contributed by atoms with E-state index in [-0.39, 0.29) is 17.9 Å². The summed E-state index contributed by atoms with van der Waals surface area (Å²) in [7, 11) is 3.90. The highest BCUT2D eigenvalue weighted by molar-refractivity contribution is 6.01. The van der Waals surface area contributed by atoms with E-state index in [1.54, 1.807) is 11.8 Å². The van der Waals surface area contributed by atoms with Gasteiger partial charge in [0, 0.05) is 51.1 Å². The van der Waals surface area contributed by atoms with Crippen molar-refractivity contribution in [2.75, 3.05) is 20.1 Å². The number of carbonyl (C=O) groups excluding carboxylic acids is 2. The third-order valence-electron chi connectivity index (χ3n) is 7.52. The van der Waals surface area contributed by atoms with Gasteiger partial charge in [0.2, 0.25) is 5.91 Å². The predicted octanol–water partition coefficient (Wildman–Crippen LogP) is 5.51. The van der Waals surface area contributed by atoms with Crippen LogP contribution < -0.4 is 0 Å². The van der Waals surface area contributed by atoms with Crippen LogP contribution in [-0.2, 0) is 18.3 Å². The Morgan fingerprint density at radius 2 is 1.75 bits per heavy atom. The number of piperidine rings is 1. The van der Waals surface area contributed by atoms with Gasteiger partial charge in [-0.3, -0.25) is 9.59 Å². The number of aromatic nitrogens is 1. The van der Waals surface area contributed by atoms with Crippen LogP contribution >= 0.6 is 0 Å². The molecule has 1 aromatic carbocycles. The zero-order valence-electron chi connectivity index (χ0n) is 22.9. The Morgan fingerprint density at radius 1 is 1.14 bits per heavy atom. The van der Waals surface area contributed by atoms with Crippen molar-refractivity contribution in [1.29, 1.82) is 0 Å². The summed E-state index contributed by atoms with van der Waals surface area (Å²) in [5.74, 6) is 2.94. The van der Waals surface area contributed by atoms with Crippen molar-refractivity contribution in [2.24, 2.45) is 18.9 Å². The number of carbonyl (C=O) groups is 2. The molecule has 2 aromatic rings. The van der Waals surface area contributed by atoms with E-state index in [4.69, 9.17) is 0 Å². The molecule has 4 atom stereocenters. The van der Waals surface area contributed by atoms with E-state index in [0.29, 0.717) is 17.4 Å². The fourth-order valence-corrected chi connectivity index (χ4v) is 6.01. The number of hydrogen-bond donors (Lipinski definition) is 0. The van der Waals surface area contributed by atoms with Gasteiger partial charge in [0.05, 0.1) is 12.0 Å². The molecule has 192 valence electrons. The number of hydrogen-bond acceptors (Lipinski definition) is 2. The molecule has 3 heterocycles. The van der Waals surface area contributed by atoms with E-state index < -0.39 is 5.92 Å². The molecule has 5 heteroatoms. The van der Waals surface area contributed by atoms with Crippen molar-refractivity contribution in [3.05, 3.63) is 70.6 Å². The van der Waals surface area contributed by atoms with Gasteiger partial charge in [-0.1, -0.05) is 44.2 Å². The van der Waals surface area contributed by atoms with Gasteiger partial charge in [-0.2, -0.15) is 0 Å². The summed E-state index contributed by atoms with van der Waals surface area (Å²) in [5.41, 5.74) is 4.96. The molecular formula is C31H41N3O2. The summed E-state index contributed by atoms with van der Waals surface area (Å²) >= 11 is 0. The zero-order chi connectivity index (χ0) is 26.6. The average molecular weight is 488 g/mol. The van der Waals surface area contributed by atoms with E-state index in [2.05, 4.69) is 68.0 Å². The van der Waals surface area contributed by atoms with Gasteiger partial charge in [0.15, 0.2) is 0 Å². The van der Waals surface area contributed by atoms with Crippen molar-refractivity contribution in [3.63, 3.8) is 0 Å². The van der Waals surface area contributed by atoms with E-state index in [1.807, 2.05) is 38.2 Å². The zero-order valence-corrected chi connectivity index (χ0v) is 22.9. The number of aryl methyl sites for hydroxylation is 1. The molecule has 2 aliphatic rings. The van der Waals surface area contributed by atoms with Crippen LogP contribution in [0, 0.1) is 31.1 Å². The van der Waals surface area contributed by atoms with E-state index in [9.17, 15) is 9.59 Å². The summed E-state index contributed by atoms with van der Waals surface area (Å²) in [6, 6.07) is 7.36. The Kier molecular flexibility index (Phi) is 8.84. The number of likely N-dealkylation sites (N-methyl/N-ethyl adjacent to an activating group) is 1. The summed E-state index contributed by atoms with van der Waals surface area (Å²) < 4.78 is 2.15. The second-order valence-corrected chi connectivity index (χ2v) is 10.4. The first-order chi connectivity index (χ1) is 17.2. The highest BCUT2D eigenvalue weighted by Crippen LogP contribution is 2.45. The molecule has 0 spiro atoms. The van der Waals surface area contributed by atoms with E-state index in [0.717, 1.165) is 42.6 Å². The minimum atomic E-state index is -0.405. The summed E-state index contributed by atoms with van der Waals surface area (Å²) in [4.78, 5) is 31.4. The van der Waals surface area contributed by atoms with Crippen LogP contribution in [-0.4, -0.2) is 46.3 Å². The van der Waals surface area contributed by atoms with Crippen LogP contribution in [0.2, 0.25) is 0 Å². The molecule has 5 nitrogen and oxygen atoms in total. The Labute approximate surface area is 217 Å². The Morgan fingerprint density at radius 3 is 2.36 bits per heavy atom. The molecule has 0 aliphatic carbocycles. The van der Waals surface area contributed by atoms with Crippen molar-refractivity contribution in [2.45, 2.75) is 59.4 Å². The lowest BCUT2D eigenvalue weighted by molar-refractivity contribution is -0.137. The van der Waals surface area contributed by atoms with Gasteiger partial charge in [0.25, 0.3) is 5.91 Å². The summed E-state index contributed by atoms with van der Waals surface area (Å²) in [6.07, 6.45) is 12.9. The number of fused-ring (bicyclic) bond motifs is 1. The van der Waals surface area contributed by atoms with E-state index >= 15 is 0 Å². The maximum absolute atomic E-state index is 14.2. The molecule has 0 saturated carbocycles. The normalized spacial score (nSPS) is 23.7. The fourth-order valence-electron chi connectivity index (χ4n) is 6.01. The predicted molar refractivity (Wildman–Crippen MR) is 147 cm³/mol. The first-order valence-electron chi connectivity index (χ1n) is 12.9. The summed E-state index contributed by atoms with van der Waals surface area (Å²) in [6.45, 7) is 11.8. The first-order valence-corrected chi connectivity index (χ1v) is 12.9. The molecule has 4 rings (SSSR count). The fraction of sp³-hybridized carbons (Fsp3) is 0.484. The molecule has 36 heavy (non-hydrogen) atoms. The largest absolute Gasteiger partial charge is 0.354 e. The molecule has 4 unspecified atom stereocenters. The minimum Gasteiger partial charge on any atom is -0.354 e. The standard InChI is InChI=1S/C28H37N3O2.C3H4/c1-7-8-13-24-20(4)23(17-29(24)5)26-25(28(33)31-15-18(2)14-19(3)16-31)21-11-9-10-12-22(21)27(32)30(26)6;1-3-2/h7-12,17-19,25-26H,13-16H2,1-6H3;1H,2H3/b8-7-;. The first kappa shape index (κ1) is 27.3. The van der Waals surface area contributed by atoms with E-state index in [1.165, 1.54) is 5.69 Å². The van der Waals surface area contributed by atoms with Crippen LogP contribution in [0.1, 0.15) is 78.8 Å². The SMILES string of the molecule is C#CC.C/C=C\Cc1c(C)c(C2C(C(=O)N3CC(C)CC(C)C3)c3ccccc3C(=O)N2C)cn1C. The lowest BCUT2D eigenvalue weighted by Crippen LogP contribution is -2.50. The number of nitrogens with zero attached hydrogens (tertiary/aromatic N) is 3. The van der Waals surface area contributed by atoms with Crippen LogP contribution in [0.25, 0.3) is 0 Å². The van der Waals surface area contributed by atoms with Gasteiger partial charge >= 0.3 is 0 Å². The molecule has 2 amide bonds. The van der Waals surface area contributed by atoms with Crippen LogP contribution in [0.4, 0.5) is 0 Å². The Balaban J connectivity index is 0.00000115. The van der Waals surface area contributed by atoms with Gasteiger partial charge in [0.1, 0.15) is 0 Å². The molecule has 2 aliphatic heterocycles. The highest BCUT2D eigenvalue weighted by atomic mass is 16.2. The molecule has 1 fully saturated rings. The number of allylic oxidation sites excluding steroid dienone is 2. The van der Waals surface area contributed by atoms with Crippen LogP contribution in [0.15, 0.2) is 42.6 Å². The van der Waals surface area contributed by atoms with Gasteiger partial charge in [-0.05, 0) is 61.8 Å². The summed E-state index contributed by atoms with van der Waals surface area (Å²) in [5, 5.41) is 0. The van der Waals surface area contributed by atoms with Gasteiger partial charge in [-0.15, -0.1) is 12.3 Å². The quantitative estimate of drug-likeness (QED) is 0.422. The van der Waals surface area contributed by atoms with Crippen molar-refractivity contribution < 1.29 is 9.59 Å². The molecule has 0 bridgehead atoms.